The van der Waals surface area contributed by atoms with Crippen molar-refractivity contribution in [1.29, 1.82) is 0 Å². The summed E-state index contributed by atoms with van der Waals surface area (Å²) >= 11 is 11.3. The molecule has 1 aromatic carbocycles. The minimum Gasteiger partial charge on any atom is -0.436 e. The molecule has 0 radical (unpaired) electrons. The second kappa shape index (κ2) is 5.27. The highest BCUT2D eigenvalue weighted by Crippen LogP contribution is 2.28. The lowest BCUT2D eigenvalue weighted by molar-refractivity contribution is 0.276. The van der Waals surface area contributed by atoms with Gasteiger partial charge >= 0.3 is 0 Å². The summed E-state index contributed by atoms with van der Waals surface area (Å²) in [5.74, 6) is 0.487. The molecule has 7 heteroatoms. The van der Waals surface area contributed by atoms with Crippen LogP contribution in [0.1, 0.15) is 5.56 Å². The molecule has 0 atom stereocenters. The molecular weight excluding hydrogens is 265 g/mol. The summed E-state index contributed by atoms with van der Waals surface area (Å²) in [5, 5.41) is 16.1. The van der Waals surface area contributed by atoms with Crippen molar-refractivity contribution in [3.8, 4) is 11.6 Å². The number of hydrogen-bond acceptors (Lipinski definition) is 5. The lowest BCUT2D eigenvalue weighted by atomic mass is 10.2. The van der Waals surface area contributed by atoms with Crippen molar-refractivity contribution in [2.75, 3.05) is 0 Å². The number of hydrogen-bond donors (Lipinski definition) is 1. The molecule has 88 valence electrons. The van der Waals surface area contributed by atoms with Crippen LogP contribution < -0.4 is 4.74 Å². The van der Waals surface area contributed by atoms with E-state index in [-0.39, 0.29) is 22.9 Å². The Labute approximate surface area is 107 Å². The normalized spacial score (nSPS) is 10.3. The number of halogens is 2. The first-order chi connectivity index (χ1) is 8.20. The van der Waals surface area contributed by atoms with Crippen LogP contribution in [-0.4, -0.2) is 20.3 Å². The number of rotatable bonds is 3. The monoisotopic (exact) mass is 271 g/mol. The third kappa shape index (κ3) is 2.82. The van der Waals surface area contributed by atoms with Crippen molar-refractivity contribution in [3.63, 3.8) is 0 Å². The molecule has 0 saturated heterocycles. The van der Waals surface area contributed by atoms with Crippen LogP contribution in [0, 0.1) is 0 Å². The van der Waals surface area contributed by atoms with Gasteiger partial charge in [0, 0.05) is 5.56 Å². The molecule has 2 rings (SSSR count). The number of ether oxygens (including phenoxy) is 1. The molecule has 0 bridgehead atoms. The van der Waals surface area contributed by atoms with E-state index < -0.39 is 0 Å². The van der Waals surface area contributed by atoms with E-state index in [9.17, 15) is 0 Å². The summed E-state index contributed by atoms with van der Waals surface area (Å²) in [5.41, 5.74) is 0.610. The maximum atomic E-state index is 9.13. The Hall–Kier alpha value is -1.43. The van der Waals surface area contributed by atoms with E-state index in [0.29, 0.717) is 11.3 Å². The van der Waals surface area contributed by atoms with Gasteiger partial charge in [0.05, 0.1) is 6.61 Å². The van der Waals surface area contributed by atoms with E-state index in [1.54, 1.807) is 24.3 Å². The van der Waals surface area contributed by atoms with Crippen molar-refractivity contribution in [2.24, 2.45) is 0 Å². The van der Waals surface area contributed by atoms with Gasteiger partial charge in [0.25, 0.3) is 5.88 Å². The van der Waals surface area contributed by atoms with Crippen molar-refractivity contribution >= 4 is 23.2 Å². The lowest BCUT2D eigenvalue weighted by Gasteiger charge is -2.08. The minimum atomic E-state index is -0.153. The van der Waals surface area contributed by atoms with E-state index >= 15 is 0 Å². The predicted octanol–water partition coefficient (Wildman–Crippen LogP) is 2.46. The number of aliphatic hydroxyl groups excluding tert-OH is 1. The second-order valence-electron chi connectivity index (χ2n) is 3.04. The van der Waals surface area contributed by atoms with Gasteiger partial charge in [0.2, 0.25) is 10.4 Å². The van der Waals surface area contributed by atoms with Gasteiger partial charge in [0.1, 0.15) is 5.75 Å². The van der Waals surface area contributed by atoms with E-state index in [0.717, 1.165) is 0 Å². The standard InChI is InChI=1S/C10H7Cl2N3O2/c11-8-9(13-10(12)15-14-8)17-7-4-2-1-3-6(7)5-16/h1-4,16H,5H2. The average Bonchev–Trinajstić information content (AvgIpc) is 2.34. The molecule has 17 heavy (non-hydrogen) atoms. The molecule has 0 saturated carbocycles. The van der Waals surface area contributed by atoms with Crippen molar-refractivity contribution in [2.45, 2.75) is 6.61 Å². The molecule has 0 aliphatic rings. The Bertz CT molecular complexity index is 537. The Balaban J connectivity index is 2.34. The van der Waals surface area contributed by atoms with Gasteiger partial charge in [-0.1, -0.05) is 29.8 Å². The number of nitrogens with zero attached hydrogens (tertiary/aromatic N) is 3. The van der Waals surface area contributed by atoms with Crippen molar-refractivity contribution < 1.29 is 9.84 Å². The lowest BCUT2D eigenvalue weighted by Crippen LogP contribution is -1.97. The first-order valence-corrected chi connectivity index (χ1v) is 5.38. The fourth-order valence-corrected chi connectivity index (χ4v) is 1.42. The van der Waals surface area contributed by atoms with E-state index in [4.69, 9.17) is 33.0 Å². The van der Waals surface area contributed by atoms with Gasteiger partial charge in [-0.15, -0.1) is 10.2 Å². The molecule has 0 spiro atoms. The SMILES string of the molecule is OCc1ccccc1Oc1nc(Cl)nnc1Cl. The quantitative estimate of drug-likeness (QED) is 0.929. The molecule has 1 aromatic heterocycles. The number of benzene rings is 1. The summed E-state index contributed by atoms with van der Waals surface area (Å²) < 4.78 is 5.42. The van der Waals surface area contributed by atoms with E-state index in [2.05, 4.69) is 15.2 Å². The van der Waals surface area contributed by atoms with Gasteiger partial charge < -0.3 is 9.84 Å². The second-order valence-corrected chi connectivity index (χ2v) is 3.74. The molecule has 0 unspecified atom stereocenters. The largest absolute Gasteiger partial charge is 0.436 e. The topological polar surface area (TPSA) is 68.1 Å². The van der Waals surface area contributed by atoms with Crippen LogP contribution in [0.3, 0.4) is 0 Å². The highest BCUT2D eigenvalue weighted by Gasteiger charge is 2.10. The third-order valence-corrected chi connectivity index (χ3v) is 2.34. The Morgan fingerprint density at radius 2 is 1.94 bits per heavy atom. The van der Waals surface area contributed by atoms with E-state index in [1.807, 2.05) is 0 Å². The average molecular weight is 272 g/mol. The summed E-state index contributed by atoms with van der Waals surface area (Å²) in [7, 11) is 0. The van der Waals surface area contributed by atoms with Crippen molar-refractivity contribution in [3.05, 3.63) is 40.3 Å². The molecule has 1 N–H and O–H groups in total. The molecule has 0 amide bonds. The molecule has 0 fully saturated rings. The van der Waals surface area contributed by atoms with Gasteiger partial charge in [-0.25, -0.2) is 0 Å². The number of para-hydroxylation sites is 1. The summed E-state index contributed by atoms with van der Waals surface area (Å²) in [6.45, 7) is -0.153. The molecule has 0 aliphatic carbocycles. The highest BCUT2D eigenvalue weighted by molar-refractivity contribution is 6.31. The maximum absolute atomic E-state index is 9.13. The number of aliphatic hydroxyl groups is 1. The van der Waals surface area contributed by atoms with Crippen LogP contribution in [-0.2, 0) is 6.61 Å². The Morgan fingerprint density at radius 1 is 1.18 bits per heavy atom. The van der Waals surface area contributed by atoms with Gasteiger partial charge in [0.15, 0.2) is 0 Å². The smallest absolute Gasteiger partial charge is 0.262 e. The molecule has 0 aliphatic heterocycles. The zero-order valence-corrected chi connectivity index (χ0v) is 9.98. The fraction of sp³-hybridized carbons (Fsp3) is 0.100. The van der Waals surface area contributed by atoms with Crippen LogP contribution in [0.15, 0.2) is 24.3 Å². The summed E-state index contributed by atoms with van der Waals surface area (Å²) in [6.07, 6.45) is 0. The van der Waals surface area contributed by atoms with Gasteiger partial charge in [-0.05, 0) is 17.7 Å². The molecule has 1 heterocycles. The third-order valence-electron chi connectivity index (χ3n) is 1.94. The summed E-state index contributed by atoms with van der Waals surface area (Å²) in [4.78, 5) is 3.80. The highest BCUT2D eigenvalue weighted by atomic mass is 35.5. The maximum Gasteiger partial charge on any atom is 0.262 e. The fourth-order valence-electron chi connectivity index (χ4n) is 1.18. The molecular formula is C10H7Cl2N3O2. The molecule has 5 nitrogen and oxygen atoms in total. The van der Waals surface area contributed by atoms with Crippen LogP contribution >= 0.6 is 23.2 Å². The Morgan fingerprint density at radius 3 is 2.71 bits per heavy atom. The van der Waals surface area contributed by atoms with Gasteiger partial charge in [-0.2, -0.15) is 4.98 Å². The Kier molecular flexibility index (Phi) is 3.73. The minimum absolute atomic E-state index is 0.00198. The van der Waals surface area contributed by atoms with Crippen LogP contribution in [0.2, 0.25) is 10.4 Å². The van der Waals surface area contributed by atoms with Crippen molar-refractivity contribution in [1.82, 2.24) is 15.2 Å². The van der Waals surface area contributed by atoms with Crippen LogP contribution in [0.25, 0.3) is 0 Å². The molecule has 2 aromatic rings. The zero-order valence-electron chi connectivity index (χ0n) is 8.47. The summed E-state index contributed by atoms with van der Waals surface area (Å²) in [6, 6.07) is 6.95. The van der Waals surface area contributed by atoms with Gasteiger partial charge in [-0.3, -0.25) is 0 Å². The first-order valence-electron chi connectivity index (χ1n) is 4.63. The van der Waals surface area contributed by atoms with Crippen LogP contribution in [0.5, 0.6) is 11.6 Å². The zero-order chi connectivity index (χ0) is 12.3. The first kappa shape index (κ1) is 12.0. The van der Waals surface area contributed by atoms with Crippen LogP contribution in [0.4, 0.5) is 0 Å². The number of aromatic nitrogens is 3. The van der Waals surface area contributed by atoms with E-state index in [1.165, 1.54) is 0 Å². The predicted molar refractivity (Wildman–Crippen MR) is 62.3 cm³/mol.